The van der Waals surface area contributed by atoms with E-state index in [1.807, 2.05) is 13.8 Å². The SMILES string of the molecule is CCCC[C@@H](NS(=O)(=O)c1ccc(C)cc1)C(=O)Oc1cc2oc(=O)c(C)c(C)c2cc1Cl. The largest absolute Gasteiger partial charge is 0.424 e. The lowest BCUT2D eigenvalue weighted by molar-refractivity contribution is -0.136. The number of hydrogen-bond acceptors (Lipinski definition) is 6. The summed E-state index contributed by atoms with van der Waals surface area (Å²) in [6.45, 7) is 7.21. The van der Waals surface area contributed by atoms with Gasteiger partial charge in [-0.1, -0.05) is 49.1 Å². The molecule has 1 heterocycles. The zero-order valence-corrected chi connectivity index (χ0v) is 20.5. The van der Waals surface area contributed by atoms with Gasteiger partial charge in [-0.15, -0.1) is 0 Å². The fraction of sp³-hybridized carbons (Fsp3) is 0.333. The van der Waals surface area contributed by atoms with Crippen LogP contribution in [0, 0.1) is 20.8 Å². The Kier molecular flexibility index (Phi) is 7.62. The number of esters is 1. The molecule has 1 N–H and O–H groups in total. The van der Waals surface area contributed by atoms with E-state index in [2.05, 4.69) is 4.72 Å². The molecule has 0 unspecified atom stereocenters. The van der Waals surface area contributed by atoms with E-state index < -0.39 is 27.7 Å². The van der Waals surface area contributed by atoms with Gasteiger partial charge in [0.25, 0.3) is 0 Å². The van der Waals surface area contributed by atoms with E-state index in [9.17, 15) is 18.0 Å². The first-order chi connectivity index (χ1) is 15.5. The number of sulfonamides is 1. The normalized spacial score (nSPS) is 12.6. The first kappa shape index (κ1) is 25.0. The molecule has 33 heavy (non-hydrogen) atoms. The highest BCUT2D eigenvalue weighted by Gasteiger charge is 2.28. The molecule has 0 fully saturated rings. The van der Waals surface area contributed by atoms with E-state index in [4.69, 9.17) is 20.8 Å². The van der Waals surface area contributed by atoms with E-state index >= 15 is 0 Å². The highest BCUT2D eigenvalue weighted by molar-refractivity contribution is 7.89. The van der Waals surface area contributed by atoms with Crippen molar-refractivity contribution in [2.45, 2.75) is 57.9 Å². The molecule has 0 radical (unpaired) electrons. The maximum Gasteiger partial charge on any atom is 0.339 e. The minimum absolute atomic E-state index is 0.0170. The Morgan fingerprint density at radius 2 is 1.79 bits per heavy atom. The highest BCUT2D eigenvalue weighted by atomic mass is 35.5. The molecule has 0 aliphatic rings. The maximum absolute atomic E-state index is 13.0. The molecular weight excluding hydrogens is 466 g/mol. The van der Waals surface area contributed by atoms with Crippen molar-refractivity contribution in [2.24, 2.45) is 0 Å². The number of carbonyl (C=O) groups excluding carboxylic acids is 1. The van der Waals surface area contributed by atoms with Crippen LogP contribution in [0.1, 0.15) is 42.9 Å². The van der Waals surface area contributed by atoms with Crippen molar-refractivity contribution in [3.05, 3.63) is 68.5 Å². The van der Waals surface area contributed by atoms with E-state index in [1.54, 1.807) is 32.0 Å². The summed E-state index contributed by atoms with van der Waals surface area (Å²) in [7, 11) is -3.95. The molecule has 2 aromatic carbocycles. The van der Waals surface area contributed by atoms with Crippen molar-refractivity contribution in [1.82, 2.24) is 4.72 Å². The van der Waals surface area contributed by atoms with Crippen LogP contribution in [-0.4, -0.2) is 20.4 Å². The molecule has 0 aliphatic carbocycles. The van der Waals surface area contributed by atoms with Crippen LogP contribution in [0.4, 0.5) is 0 Å². The second-order valence-corrected chi connectivity index (χ2v) is 10.1. The Morgan fingerprint density at radius 3 is 2.42 bits per heavy atom. The van der Waals surface area contributed by atoms with Gasteiger partial charge in [0.05, 0.1) is 9.92 Å². The molecular formula is C24H26ClNO6S. The van der Waals surface area contributed by atoms with E-state index in [1.165, 1.54) is 18.2 Å². The van der Waals surface area contributed by atoms with Crippen molar-refractivity contribution < 1.29 is 22.4 Å². The monoisotopic (exact) mass is 491 g/mol. The van der Waals surface area contributed by atoms with E-state index in [0.29, 0.717) is 22.9 Å². The number of rotatable bonds is 8. The number of ether oxygens (including phenoxy) is 1. The summed E-state index contributed by atoms with van der Waals surface area (Å²) >= 11 is 6.33. The molecule has 9 heteroatoms. The van der Waals surface area contributed by atoms with Crippen molar-refractivity contribution in [1.29, 1.82) is 0 Å². The lowest BCUT2D eigenvalue weighted by atomic mass is 10.1. The van der Waals surface area contributed by atoms with Crippen LogP contribution >= 0.6 is 11.6 Å². The van der Waals surface area contributed by atoms with Gasteiger partial charge in [0, 0.05) is 17.0 Å². The first-order valence-electron chi connectivity index (χ1n) is 10.6. The lowest BCUT2D eigenvalue weighted by Crippen LogP contribution is -2.43. The molecule has 3 rings (SSSR count). The fourth-order valence-corrected chi connectivity index (χ4v) is 4.73. The lowest BCUT2D eigenvalue weighted by Gasteiger charge is -2.18. The van der Waals surface area contributed by atoms with Crippen molar-refractivity contribution in [3.63, 3.8) is 0 Å². The number of benzene rings is 2. The third kappa shape index (κ3) is 5.63. The van der Waals surface area contributed by atoms with Gasteiger partial charge in [0.15, 0.2) is 5.75 Å². The van der Waals surface area contributed by atoms with Gasteiger partial charge in [-0.2, -0.15) is 4.72 Å². The molecule has 3 aromatic rings. The molecule has 0 saturated heterocycles. The number of hydrogen-bond donors (Lipinski definition) is 1. The smallest absolute Gasteiger partial charge is 0.339 e. The van der Waals surface area contributed by atoms with Crippen molar-refractivity contribution in [2.75, 3.05) is 0 Å². The van der Waals surface area contributed by atoms with E-state index in [-0.39, 0.29) is 27.7 Å². The van der Waals surface area contributed by atoms with Crippen LogP contribution in [0.2, 0.25) is 5.02 Å². The molecule has 0 amide bonds. The third-order valence-electron chi connectivity index (χ3n) is 5.48. The first-order valence-corrected chi connectivity index (χ1v) is 12.4. The standard InChI is InChI=1S/C24H26ClNO6S/c1-5-6-7-20(26-33(29,30)17-10-8-14(2)9-11-17)24(28)32-22-13-21-18(12-19(22)25)15(3)16(4)23(27)31-21/h8-13,20,26H,5-7H2,1-4H3/t20-/m1/s1. The Hall–Kier alpha value is -2.68. The molecule has 1 aromatic heterocycles. The fourth-order valence-electron chi connectivity index (χ4n) is 3.31. The zero-order valence-electron chi connectivity index (χ0n) is 18.9. The molecule has 0 spiro atoms. The summed E-state index contributed by atoms with van der Waals surface area (Å²) < 4.78 is 38.9. The van der Waals surface area contributed by atoms with Gasteiger partial charge in [-0.25, -0.2) is 18.0 Å². The van der Waals surface area contributed by atoms with Crippen LogP contribution in [0.15, 0.2) is 50.5 Å². The number of fused-ring (bicyclic) bond motifs is 1. The number of nitrogens with one attached hydrogen (secondary N) is 1. The van der Waals surface area contributed by atoms with Crippen molar-refractivity contribution >= 4 is 38.6 Å². The van der Waals surface area contributed by atoms with Crippen LogP contribution in [-0.2, 0) is 14.8 Å². The molecule has 0 bridgehead atoms. The summed E-state index contributed by atoms with van der Waals surface area (Å²) in [6, 6.07) is 8.13. The summed E-state index contributed by atoms with van der Waals surface area (Å²) in [5.41, 5.74) is 1.83. The average Bonchev–Trinajstić information content (AvgIpc) is 2.76. The summed E-state index contributed by atoms with van der Waals surface area (Å²) in [6.07, 6.45) is 1.62. The predicted octanol–water partition coefficient (Wildman–Crippen LogP) is 4.81. The summed E-state index contributed by atoms with van der Waals surface area (Å²) in [4.78, 5) is 25.0. The second-order valence-electron chi connectivity index (χ2n) is 7.97. The minimum atomic E-state index is -3.95. The molecule has 0 aliphatic heterocycles. The quantitative estimate of drug-likeness (QED) is 0.275. The Bertz CT molecular complexity index is 1350. The Labute approximate surface area is 197 Å². The zero-order chi connectivity index (χ0) is 24.3. The minimum Gasteiger partial charge on any atom is -0.424 e. The van der Waals surface area contributed by atoms with Crippen molar-refractivity contribution in [3.8, 4) is 5.75 Å². The van der Waals surface area contributed by atoms with Crippen LogP contribution in [0.25, 0.3) is 11.0 Å². The number of aryl methyl sites for hydroxylation is 2. The number of unbranched alkanes of at least 4 members (excludes halogenated alkanes) is 1. The molecule has 7 nitrogen and oxygen atoms in total. The topological polar surface area (TPSA) is 103 Å². The predicted molar refractivity (Wildman–Crippen MR) is 127 cm³/mol. The van der Waals surface area contributed by atoms with Crippen LogP contribution < -0.4 is 15.1 Å². The molecule has 1 atom stereocenters. The van der Waals surface area contributed by atoms with Crippen LogP contribution in [0.5, 0.6) is 5.75 Å². The average molecular weight is 492 g/mol. The number of carbonyl (C=O) groups is 1. The van der Waals surface area contributed by atoms with Gasteiger partial charge in [-0.3, -0.25) is 0 Å². The van der Waals surface area contributed by atoms with Gasteiger partial charge in [-0.05, 0) is 51.0 Å². The van der Waals surface area contributed by atoms with Gasteiger partial charge in [0.1, 0.15) is 11.6 Å². The van der Waals surface area contributed by atoms with Gasteiger partial charge >= 0.3 is 11.6 Å². The third-order valence-corrected chi connectivity index (χ3v) is 7.26. The Balaban J connectivity index is 1.90. The summed E-state index contributed by atoms with van der Waals surface area (Å²) in [5.74, 6) is -0.817. The molecule has 176 valence electrons. The van der Waals surface area contributed by atoms with E-state index in [0.717, 1.165) is 12.0 Å². The highest BCUT2D eigenvalue weighted by Crippen LogP contribution is 2.32. The van der Waals surface area contributed by atoms with Gasteiger partial charge in [0.2, 0.25) is 10.0 Å². The Morgan fingerprint density at radius 1 is 1.12 bits per heavy atom. The van der Waals surface area contributed by atoms with Gasteiger partial charge < -0.3 is 9.15 Å². The maximum atomic E-state index is 13.0. The second kappa shape index (κ2) is 10.1. The molecule has 0 saturated carbocycles. The van der Waals surface area contributed by atoms with Crippen LogP contribution in [0.3, 0.4) is 0 Å². The summed E-state index contributed by atoms with van der Waals surface area (Å²) in [5, 5.41) is 0.766. The number of halogens is 1.